The largest absolute Gasteiger partial charge is 0.504 e. The summed E-state index contributed by atoms with van der Waals surface area (Å²) < 4.78 is 11.3. The maximum atomic E-state index is 11.9. The second kappa shape index (κ2) is 8.90. The van der Waals surface area contributed by atoms with Gasteiger partial charge in [0.1, 0.15) is 5.75 Å². The van der Waals surface area contributed by atoms with Crippen molar-refractivity contribution >= 4 is 28.1 Å². The number of aromatic hydroxyl groups is 1. The Kier molecular flexibility index (Phi) is 6.85. The Hall–Kier alpha value is -2.54. The molecule has 2 aromatic rings. The van der Waals surface area contributed by atoms with Gasteiger partial charge in [-0.2, -0.15) is 5.10 Å². The molecule has 0 heterocycles. The van der Waals surface area contributed by atoms with E-state index < -0.39 is 5.91 Å². The zero-order chi connectivity index (χ0) is 20.0. The van der Waals surface area contributed by atoms with Gasteiger partial charge in [0.2, 0.25) is 0 Å². The summed E-state index contributed by atoms with van der Waals surface area (Å²) in [6, 6.07) is 10.6. The second-order valence-corrected chi connectivity index (χ2v) is 7.76. The van der Waals surface area contributed by atoms with Gasteiger partial charge >= 0.3 is 0 Å². The topological polar surface area (TPSA) is 80.2 Å². The van der Waals surface area contributed by atoms with E-state index in [4.69, 9.17) is 9.47 Å². The molecule has 0 saturated heterocycles. The number of nitrogens with one attached hydrogen (secondary N) is 1. The number of nitrogens with zero attached hydrogens (tertiary/aromatic N) is 1. The minimum Gasteiger partial charge on any atom is -0.504 e. The van der Waals surface area contributed by atoms with Gasteiger partial charge in [-0.1, -0.05) is 26.8 Å². The van der Waals surface area contributed by atoms with Crippen LogP contribution in [-0.4, -0.2) is 30.9 Å². The highest BCUT2D eigenvalue weighted by molar-refractivity contribution is 9.10. The molecule has 0 aliphatic carbocycles. The van der Waals surface area contributed by atoms with Gasteiger partial charge in [-0.05, 0) is 62.8 Å². The Morgan fingerprint density at radius 2 is 1.93 bits per heavy atom. The van der Waals surface area contributed by atoms with Crippen molar-refractivity contribution in [3.05, 3.63) is 52.0 Å². The lowest BCUT2D eigenvalue weighted by atomic mass is 9.87. The van der Waals surface area contributed by atoms with Gasteiger partial charge in [0.15, 0.2) is 18.1 Å². The van der Waals surface area contributed by atoms with Gasteiger partial charge in [-0.15, -0.1) is 0 Å². The van der Waals surface area contributed by atoms with E-state index in [0.717, 1.165) is 4.47 Å². The number of amides is 1. The molecule has 0 spiro atoms. The molecule has 0 aliphatic heterocycles. The predicted octanol–water partition coefficient (Wildman–Crippen LogP) is 3.99. The molecule has 2 N–H and O–H groups in total. The first-order chi connectivity index (χ1) is 12.7. The fraction of sp³-hybridized carbons (Fsp3) is 0.300. The number of hydrazone groups is 1. The van der Waals surface area contributed by atoms with Crippen molar-refractivity contribution in [3.63, 3.8) is 0 Å². The van der Waals surface area contributed by atoms with Crippen LogP contribution in [0, 0.1) is 0 Å². The van der Waals surface area contributed by atoms with Crippen molar-refractivity contribution in [2.75, 3.05) is 13.7 Å². The number of hydrogen-bond acceptors (Lipinski definition) is 5. The van der Waals surface area contributed by atoms with Gasteiger partial charge in [0, 0.05) is 0 Å². The highest BCUT2D eigenvalue weighted by Crippen LogP contribution is 2.31. The highest BCUT2D eigenvalue weighted by atomic mass is 79.9. The SMILES string of the molecule is COc1ccc(/C=N/NC(=O)COc2ccc(C(C)(C)C)cc2Br)cc1O. The van der Waals surface area contributed by atoms with E-state index in [1.165, 1.54) is 25.0 Å². The van der Waals surface area contributed by atoms with Crippen LogP contribution in [0.3, 0.4) is 0 Å². The molecule has 0 radical (unpaired) electrons. The van der Waals surface area contributed by atoms with Crippen LogP contribution in [0.2, 0.25) is 0 Å². The molecule has 0 bridgehead atoms. The summed E-state index contributed by atoms with van der Waals surface area (Å²) in [7, 11) is 1.47. The molecular formula is C20H23BrN2O4. The third-order valence-electron chi connectivity index (χ3n) is 3.76. The maximum Gasteiger partial charge on any atom is 0.277 e. The summed E-state index contributed by atoms with van der Waals surface area (Å²) in [6.45, 7) is 6.22. The van der Waals surface area contributed by atoms with E-state index in [1.807, 2.05) is 18.2 Å². The number of phenols is 1. The van der Waals surface area contributed by atoms with Crippen molar-refractivity contribution in [2.24, 2.45) is 5.10 Å². The van der Waals surface area contributed by atoms with Crippen LogP contribution in [0.25, 0.3) is 0 Å². The summed E-state index contributed by atoms with van der Waals surface area (Å²) >= 11 is 3.47. The lowest BCUT2D eigenvalue weighted by molar-refractivity contribution is -0.123. The molecule has 144 valence electrons. The fourth-order valence-electron chi connectivity index (χ4n) is 2.23. The van der Waals surface area contributed by atoms with Gasteiger partial charge in [0.25, 0.3) is 5.91 Å². The highest BCUT2D eigenvalue weighted by Gasteiger charge is 2.15. The number of rotatable bonds is 6. The average molecular weight is 435 g/mol. The van der Waals surface area contributed by atoms with Gasteiger partial charge < -0.3 is 14.6 Å². The number of carbonyl (C=O) groups is 1. The summed E-state index contributed by atoms with van der Waals surface area (Å²) in [5.74, 6) is 0.560. The van der Waals surface area contributed by atoms with Crippen molar-refractivity contribution in [2.45, 2.75) is 26.2 Å². The quantitative estimate of drug-likeness (QED) is 0.531. The van der Waals surface area contributed by atoms with Crippen LogP contribution in [0.15, 0.2) is 46.0 Å². The number of ether oxygens (including phenoxy) is 2. The first-order valence-corrected chi connectivity index (χ1v) is 9.11. The molecule has 1 amide bonds. The van der Waals surface area contributed by atoms with Crippen molar-refractivity contribution in [1.29, 1.82) is 0 Å². The summed E-state index contributed by atoms with van der Waals surface area (Å²) in [4.78, 5) is 11.9. The van der Waals surface area contributed by atoms with Crippen LogP contribution in [0.4, 0.5) is 0 Å². The lowest BCUT2D eigenvalue weighted by Crippen LogP contribution is -2.24. The minimum atomic E-state index is -0.393. The van der Waals surface area contributed by atoms with Gasteiger partial charge in [0.05, 0.1) is 17.8 Å². The molecule has 0 unspecified atom stereocenters. The molecule has 0 aliphatic rings. The van der Waals surface area contributed by atoms with Crippen LogP contribution in [-0.2, 0) is 10.2 Å². The molecular weight excluding hydrogens is 412 g/mol. The van der Waals surface area contributed by atoms with E-state index in [9.17, 15) is 9.90 Å². The number of halogens is 1. The number of phenolic OH excluding ortho intramolecular Hbond substituents is 1. The van der Waals surface area contributed by atoms with E-state index >= 15 is 0 Å². The smallest absolute Gasteiger partial charge is 0.277 e. The third-order valence-corrected chi connectivity index (χ3v) is 4.38. The Morgan fingerprint density at radius 3 is 2.52 bits per heavy atom. The van der Waals surface area contributed by atoms with Crippen molar-refractivity contribution < 1.29 is 19.4 Å². The van der Waals surface area contributed by atoms with E-state index in [1.54, 1.807) is 12.1 Å². The Balaban J connectivity index is 1.88. The summed E-state index contributed by atoms with van der Waals surface area (Å²) in [6.07, 6.45) is 1.42. The zero-order valence-corrected chi connectivity index (χ0v) is 17.3. The molecule has 0 aromatic heterocycles. The standard InChI is InChI=1S/C20H23BrN2O4/c1-20(2,3)14-6-8-17(15(21)10-14)27-12-19(25)23-22-11-13-5-7-18(26-4)16(24)9-13/h5-11,24H,12H2,1-4H3,(H,23,25)/b22-11+. The van der Waals surface area contributed by atoms with Crippen molar-refractivity contribution in [1.82, 2.24) is 5.43 Å². The molecule has 27 heavy (non-hydrogen) atoms. The second-order valence-electron chi connectivity index (χ2n) is 6.91. The normalized spacial score (nSPS) is 11.4. The number of hydrogen-bond donors (Lipinski definition) is 2. The molecule has 6 nitrogen and oxygen atoms in total. The Labute approximate surface area is 167 Å². The van der Waals surface area contributed by atoms with Crippen LogP contribution in [0.5, 0.6) is 17.2 Å². The number of carbonyl (C=O) groups excluding carboxylic acids is 1. The molecule has 2 aromatic carbocycles. The first-order valence-electron chi connectivity index (χ1n) is 8.32. The monoisotopic (exact) mass is 434 g/mol. The van der Waals surface area contributed by atoms with E-state index in [0.29, 0.717) is 17.1 Å². The average Bonchev–Trinajstić information content (AvgIpc) is 2.60. The maximum absolute atomic E-state index is 11.9. The Bertz CT molecular complexity index is 844. The Morgan fingerprint density at radius 1 is 1.22 bits per heavy atom. The summed E-state index contributed by atoms with van der Waals surface area (Å²) in [5, 5.41) is 13.6. The zero-order valence-electron chi connectivity index (χ0n) is 15.7. The summed E-state index contributed by atoms with van der Waals surface area (Å²) in [5.41, 5.74) is 4.20. The third kappa shape index (κ3) is 5.99. The fourth-order valence-corrected chi connectivity index (χ4v) is 2.72. The lowest BCUT2D eigenvalue weighted by Gasteiger charge is -2.20. The molecule has 0 fully saturated rings. The van der Waals surface area contributed by atoms with Crippen LogP contribution >= 0.6 is 15.9 Å². The number of methoxy groups -OCH3 is 1. The van der Waals surface area contributed by atoms with E-state index in [2.05, 4.69) is 47.2 Å². The first kappa shape index (κ1) is 20.8. The van der Waals surface area contributed by atoms with Gasteiger partial charge in [-0.25, -0.2) is 5.43 Å². The van der Waals surface area contributed by atoms with Crippen LogP contribution < -0.4 is 14.9 Å². The number of benzene rings is 2. The molecule has 0 saturated carbocycles. The van der Waals surface area contributed by atoms with Crippen LogP contribution in [0.1, 0.15) is 31.9 Å². The van der Waals surface area contributed by atoms with Crippen molar-refractivity contribution in [3.8, 4) is 17.2 Å². The molecule has 7 heteroatoms. The molecule has 2 rings (SSSR count). The minimum absolute atomic E-state index is 0.000311. The van der Waals surface area contributed by atoms with Gasteiger partial charge in [-0.3, -0.25) is 4.79 Å². The van der Waals surface area contributed by atoms with E-state index in [-0.39, 0.29) is 17.8 Å². The predicted molar refractivity (Wildman–Crippen MR) is 109 cm³/mol. The molecule has 0 atom stereocenters.